The van der Waals surface area contributed by atoms with Gasteiger partial charge in [0.05, 0.1) is 24.2 Å². The smallest absolute Gasteiger partial charge is 0.162 e. The van der Waals surface area contributed by atoms with E-state index in [1.165, 1.54) is 16.8 Å². The molecule has 0 saturated heterocycles. The highest BCUT2D eigenvalue weighted by molar-refractivity contribution is 6.18. The van der Waals surface area contributed by atoms with Gasteiger partial charge in [0.1, 0.15) is 5.71 Å². The van der Waals surface area contributed by atoms with E-state index >= 15 is 0 Å². The zero-order valence-electron chi connectivity index (χ0n) is 13.4. The van der Waals surface area contributed by atoms with E-state index in [-0.39, 0.29) is 0 Å². The van der Waals surface area contributed by atoms with E-state index in [0.29, 0.717) is 6.54 Å². The molecule has 0 amide bonds. The van der Waals surface area contributed by atoms with Crippen LogP contribution in [-0.2, 0) is 6.54 Å². The van der Waals surface area contributed by atoms with Crippen LogP contribution in [0, 0.1) is 6.92 Å². The molecule has 3 nitrogen and oxygen atoms in total. The molecule has 1 aliphatic rings. The number of aliphatic imine (C=N–C) groups is 1. The minimum atomic E-state index is 0.654. The van der Waals surface area contributed by atoms with Crippen LogP contribution in [-0.4, -0.2) is 10.3 Å². The van der Waals surface area contributed by atoms with Crippen LogP contribution in [0.4, 0.5) is 0 Å². The van der Waals surface area contributed by atoms with Crippen molar-refractivity contribution in [3.05, 3.63) is 89.6 Å². The number of hydrogen-bond acceptors (Lipinski definition) is 2. The van der Waals surface area contributed by atoms with Crippen LogP contribution in [0.25, 0.3) is 16.5 Å². The van der Waals surface area contributed by atoms with Gasteiger partial charge in [-0.3, -0.25) is 4.99 Å². The van der Waals surface area contributed by atoms with Gasteiger partial charge in [0.15, 0.2) is 5.76 Å². The van der Waals surface area contributed by atoms with Gasteiger partial charge in [0, 0.05) is 17.0 Å². The Balaban J connectivity index is 1.80. The topological polar surface area (TPSA) is 30.4 Å². The van der Waals surface area contributed by atoms with Crippen molar-refractivity contribution in [2.24, 2.45) is 4.99 Å². The SMILES string of the molecule is Cc1cccc2coc(C3=NCc4ccccc4-n4cccc43)c12. The van der Waals surface area contributed by atoms with E-state index in [9.17, 15) is 0 Å². The molecule has 0 atom stereocenters. The summed E-state index contributed by atoms with van der Waals surface area (Å²) in [5.74, 6) is 0.857. The molecule has 1 aliphatic heterocycles. The summed E-state index contributed by atoms with van der Waals surface area (Å²) in [6.07, 6.45) is 3.92. The fraction of sp³-hybridized carbons (Fsp3) is 0.0952. The molecule has 3 heterocycles. The lowest BCUT2D eigenvalue weighted by molar-refractivity contribution is 0.562. The summed E-state index contributed by atoms with van der Waals surface area (Å²) in [6.45, 7) is 2.77. The summed E-state index contributed by atoms with van der Waals surface area (Å²) in [6, 6.07) is 18.8. The average Bonchev–Trinajstić information content (AvgIpc) is 3.22. The van der Waals surface area contributed by atoms with E-state index in [4.69, 9.17) is 9.41 Å². The fourth-order valence-corrected chi connectivity index (χ4v) is 3.55. The largest absolute Gasteiger partial charge is 0.461 e. The molecule has 3 heteroatoms. The summed E-state index contributed by atoms with van der Waals surface area (Å²) in [7, 11) is 0. The Hall–Kier alpha value is -3.07. The summed E-state index contributed by atoms with van der Waals surface area (Å²) in [5.41, 5.74) is 5.60. The Morgan fingerprint density at radius 3 is 2.88 bits per heavy atom. The minimum absolute atomic E-state index is 0.654. The second-order valence-corrected chi connectivity index (χ2v) is 6.16. The van der Waals surface area contributed by atoms with Crippen molar-refractivity contribution in [1.82, 2.24) is 4.57 Å². The van der Waals surface area contributed by atoms with Gasteiger partial charge in [0.25, 0.3) is 0 Å². The first-order valence-corrected chi connectivity index (χ1v) is 8.10. The summed E-state index contributed by atoms with van der Waals surface area (Å²) in [5, 5.41) is 2.27. The maximum absolute atomic E-state index is 5.97. The molecule has 116 valence electrons. The Morgan fingerprint density at radius 2 is 1.92 bits per heavy atom. The van der Waals surface area contributed by atoms with E-state index in [1.807, 2.05) is 6.26 Å². The molecular weight excluding hydrogens is 296 g/mol. The molecule has 5 rings (SSSR count). The second kappa shape index (κ2) is 4.96. The number of furan rings is 1. The molecule has 24 heavy (non-hydrogen) atoms. The molecule has 4 aromatic rings. The van der Waals surface area contributed by atoms with Crippen LogP contribution < -0.4 is 0 Å². The predicted octanol–water partition coefficient (Wildman–Crippen LogP) is 4.88. The van der Waals surface area contributed by atoms with Crippen molar-refractivity contribution in [2.45, 2.75) is 13.5 Å². The van der Waals surface area contributed by atoms with Gasteiger partial charge < -0.3 is 8.98 Å². The molecule has 0 unspecified atom stereocenters. The Kier molecular flexibility index (Phi) is 2.77. The average molecular weight is 312 g/mol. The van der Waals surface area contributed by atoms with Gasteiger partial charge >= 0.3 is 0 Å². The van der Waals surface area contributed by atoms with Gasteiger partial charge in [0.2, 0.25) is 0 Å². The lowest BCUT2D eigenvalue weighted by atomic mass is 10.0. The number of hydrogen-bond donors (Lipinski definition) is 0. The Morgan fingerprint density at radius 1 is 1.00 bits per heavy atom. The zero-order chi connectivity index (χ0) is 16.1. The third kappa shape index (κ3) is 1.81. The molecular formula is C21H16N2O. The van der Waals surface area contributed by atoms with E-state index < -0.39 is 0 Å². The number of fused-ring (bicyclic) bond motifs is 4. The van der Waals surface area contributed by atoms with Crippen LogP contribution in [0.3, 0.4) is 0 Å². The molecule has 0 radical (unpaired) electrons. The maximum atomic E-state index is 5.97. The second-order valence-electron chi connectivity index (χ2n) is 6.16. The van der Waals surface area contributed by atoms with Crippen molar-refractivity contribution in [2.75, 3.05) is 0 Å². The van der Waals surface area contributed by atoms with Crippen LogP contribution in [0.1, 0.15) is 22.6 Å². The molecule has 0 fully saturated rings. The lowest BCUT2D eigenvalue weighted by Gasteiger charge is -2.10. The first-order valence-electron chi connectivity index (χ1n) is 8.10. The van der Waals surface area contributed by atoms with Crippen LogP contribution in [0.5, 0.6) is 0 Å². The van der Waals surface area contributed by atoms with Crippen LogP contribution in [0.15, 0.2) is 76.5 Å². The summed E-state index contributed by atoms with van der Waals surface area (Å²) >= 11 is 0. The zero-order valence-corrected chi connectivity index (χ0v) is 13.4. The number of nitrogens with zero attached hydrogens (tertiary/aromatic N) is 2. The van der Waals surface area contributed by atoms with Gasteiger partial charge in [-0.2, -0.15) is 0 Å². The molecule has 0 saturated carbocycles. The van der Waals surface area contributed by atoms with E-state index in [0.717, 1.165) is 27.9 Å². The fourth-order valence-electron chi connectivity index (χ4n) is 3.55. The highest BCUT2D eigenvalue weighted by Gasteiger charge is 2.22. The molecule has 2 aromatic heterocycles. The Labute approximate surface area is 139 Å². The van der Waals surface area contributed by atoms with E-state index in [2.05, 4.69) is 72.3 Å². The number of aromatic nitrogens is 1. The Bertz CT molecular complexity index is 1100. The normalized spacial score (nSPS) is 13.3. The number of para-hydroxylation sites is 1. The van der Waals surface area contributed by atoms with Gasteiger partial charge in [-0.15, -0.1) is 0 Å². The van der Waals surface area contributed by atoms with Gasteiger partial charge in [-0.1, -0.05) is 36.4 Å². The third-order valence-corrected chi connectivity index (χ3v) is 4.70. The molecule has 0 bridgehead atoms. The third-order valence-electron chi connectivity index (χ3n) is 4.70. The summed E-state index contributed by atoms with van der Waals surface area (Å²) in [4.78, 5) is 4.91. The predicted molar refractivity (Wildman–Crippen MR) is 96.1 cm³/mol. The minimum Gasteiger partial charge on any atom is -0.461 e. The quantitative estimate of drug-likeness (QED) is 0.492. The first kappa shape index (κ1) is 13.4. The van der Waals surface area contributed by atoms with Crippen molar-refractivity contribution in [3.8, 4) is 5.69 Å². The lowest BCUT2D eigenvalue weighted by Crippen LogP contribution is -2.08. The molecule has 0 aliphatic carbocycles. The number of benzene rings is 2. The standard InChI is InChI=1S/C21H16N2O/c1-14-6-4-8-16-13-24-21(19(14)16)20-18-10-5-11-23(18)17-9-3-2-7-15(17)12-22-20/h2-11,13H,12H2,1H3. The van der Waals surface area contributed by atoms with Crippen molar-refractivity contribution >= 4 is 16.5 Å². The van der Waals surface area contributed by atoms with Gasteiger partial charge in [-0.25, -0.2) is 0 Å². The monoisotopic (exact) mass is 312 g/mol. The number of aryl methyl sites for hydroxylation is 1. The molecule has 0 N–H and O–H groups in total. The molecule has 0 spiro atoms. The number of rotatable bonds is 1. The van der Waals surface area contributed by atoms with E-state index in [1.54, 1.807) is 0 Å². The van der Waals surface area contributed by atoms with Gasteiger partial charge in [-0.05, 0) is 36.2 Å². The summed E-state index contributed by atoms with van der Waals surface area (Å²) < 4.78 is 8.17. The highest BCUT2D eigenvalue weighted by Crippen LogP contribution is 2.30. The van der Waals surface area contributed by atoms with Crippen LogP contribution >= 0.6 is 0 Å². The molecule has 2 aromatic carbocycles. The first-order chi connectivity index (χ1) is 11.8. The van der Waals surface area contributed by atoms with Crippen molar-refractivity contribution in [3.63, 3.8) is 0 Å². The van der Waals surface area contributed by atoms with Crippen LogP contribution in [0.2, 0.25) is 0 Å². The van der Waals surface area contributed by atoms with Crippen molar-refractivity contribution in [1.29, 1.82) is 0 Å². The highest BCUT2D eigenvalue weighted by atomic mass is 16.3. The van der Waals surface area contributed by atoms with Crippen molar-refractivity contribution < 1.29 is 4.42 Å². The maximum Gasteiger partial charge on any atom is 0.162 e.